The molecule has 0 bridgehead atoms. The third-order valence-electron chi connectivity index (χ3n) is 5.67. The number of hydrogen-bond acceptors (Lipinski definition) is 5. The van der Waals surface area contributed by atoms with Crippen LogP contribution >= 0.6 is 11.6 Å². The fourth-order valence-electron chi connectivity index (χ4n) is 4.07. The maximum Gasteiger partial charge on any atom is 0.407 e. The molecule has 1 fully saturated rings. The topological polar surface area (TPSA) is 121 Å². The first kappa shape index (κ1) is 23.2. The molecule has 1 unspecified atom stereocenters. The van der Waals surface area contributed by atoms with Gasteiger partial charge in [-0.15, -0.1) is 0 Å². The first-order valence-electron chi connectivity index (χ1n) is 10.6. The van der Waals surface area contributed by atoms with E-state index >= 15 is 0 Å². The molecule has 0 radical (unpaired) electrons. The number of halogens is 1. The van der Waals surface area contributed by atoms with E-state index in [-0.39, 0.29) is 38.0 Å². The highest BCUT2D eigenvalue weighted by atomic mass is 35.5. The summed E-state index contributed by atoms with van der Waals surface area (Å²) in [4.78, 5) is 48.8. The number of para-hydroxylation sites is 1. The summed E-state index contributed by atoms with van der Waals surface area (Å²) >= 11 is 6.53. The number of carbonyl (C=O) groups excluding carboxylic acids is 2. The average molecular weight is 483 g/mol. The van der Waals surface area contributed by atoms with Crippen molar-refractivity contribution in [1.82, 2.24) is 24.3 Å². The molecule has 1 saturated heterocycles. The largest absolute Gasteiger partial charge is 0.465 e. The van der Waals surface area contributed by atoms with Gasteiger partial charge in [-0.1, -0.05) is 24.2 Å². The van der Waals surface area contributed by atoms with Gasteiger partial charge in [-0.25, -0.2) is 9.78 Å². The van der Waals surface area contributed by atoms with Crippen LogP contribution in [0.15, 0.2) is 49.2 Å². The number of aryl methyl sites for hydroxylation is 1. The maximum absolute atomic E-state index is 13.0. The smallest absolute Gasteiger partial charge is 0.407 e. The lowest BCUT2D eigenvalue weighted by Gasteiger charge is -2.26. The van der Waals surface area contributed by atoms with Crippen molar-refractivity contribution in [3.63, 3.8) is 0 Å². The first-order valence-corrected chi connectivity index (χ1v) is 11.0. The number of fused-ring (bicyclic) bond motifs is 1. The Labute approximate surface area is 200 Å². The summed E-state index contributed by atoms with van der Waals surface area (Å²) in [6.07, 6.45) is 1.63. The van der Waals surface area contributed by atoms with E-state index in [1.165, 1.54) is 15.9 Å². The van der Waals surface area contributed by atoms with Gasteiger partial charge in [0.25, 0.3) is 5.91 Å². The minimum atomic E-state index is -1.11. The lowest BCUT2D eigenvalue weighted by molar-refractivity contribution is -0.126. The van der Waals surface area contributed by atoms with E-state index in [2.05, 4.69) is 21.9 Å². The minimum absolute atomic E-state index is 0.0736. The second-order valence-corrected chi connectivity index (χ2v) is 8.33. The number of carbonyl (C=O) groups is 3. The van der Waals surface area contributed by atoms with Gasteiger partial charge in [-0.2, -0.15) is 0 Å². The second-order valence-electron chi connectivity index (χ2n) is 7.92. The lowest BCUT2D eigenvalue weighted by Crippen LogP contribution is -2.35. The van der Waals surface area contributed by atoms with Gasteiger partial charge in [-0.05, 0) is 37.3 Å². The number of rotatable bonds is 4. The Morgan fingerprint density at radius 3 is 2.65 bits per heavy atom. The molecule has 0 aliphatic carbocycles. The van der Waals surface area contributed by atoms with Crippen molar-refractivity contribution in [2.75, 3.05) is 31.5 Å². The molecule has 1 atom stereocenters. The molecule has 2 N–H and O–H groups in total. The zero-order valence-electron chi connectivity index (χ0n) is 18.4. The number of benzene rings is 1. The molecule has 4 rings (SSSR count). The molecular weight excluding hydrogens is 460 g/mol. The third kappa shape index (κ3) is 4.58. The molecule has 1 aromatic carbocycles. The number of anilines is 1. The molecule has 0 spiro atoms. The molecule has 0 saturated carbocycles. The number of nitrogens with zero attached hydrogens (tertiary/aromatic N) is 5. The maximum atomic E-state index is 13.0. The molecule has 10 nitrogen and oxygen atoms in total. The Balaban J connectivity index is 1.81. The van der Waals surface area contributed by atoms with Crippen LogP contribution in [0.3, 0.4) is 0 Å². The van der Waals surface area contributed by atoms with Crippen LogP contribution in [0.1, 0.15) is 22.1 Å². The van der Waals surface area contributed by atoms with Crippen molar-refractivity contribution < 1.29 is 19.5 Å². The van der Waals surface area contributed by atoms with E-state index in [0.29, 0.717) is 27.3 Å². The number of amides is 3. The molecule has 1 aliphatic rings. The molecule has 34 heavy (non-hydrogen) atoms. The van der Waals surface area contributed by atoms with Gasteiger partial charge >= 0.3 is 6.09 Å². The van der Waals surface area contributed by atoms with E-state index in [0.717, 1.165) is 0 Å². The van der Waals surface area contributed by atoms with Gasteiger partial charge in [0.15, 0.2) is 0 Å². The van der Waals surface area contributed by atoms with Gasteiger partial charge in [0.05, 0.1) is 22.1 Å². The Morgan fingerprint density at radius 1 is 1.21 bits per heavy atom. The van der Waals surface area contributed by atoms with E-state index < -0.39 is 18.0 Å². The molecule has 3 heterocycles. The molecule has 2 aromatic heterocycles. The standard InChI is InChI=1S/C23H23ClN6O4/c1-3-19(31)28-9-10-29(23(33)34)13-16(12-28)30-20-17(24)5-4-6-18(20)26-22(30)27-21(32)15-7-8-25-14(2)11-15/h3-8,11,16H,1,9-10,12-13H2,2H3,(H,33,34)(H,26,27,32). The van der Waals surface area contributed by atoms with Gasteiger partial charge in [0.1, 0.15) is 0 Å². The molecule has 1 aliphatic heterocycles. The molecule has 3 amide bonds. The van der Waals surface area contributed by atoms with Crippen LogP contribution in [0.2, 0.25) is 5.02 Å². The van der Waals surface area contributed by atoms with Crippen LogP contribution in [-0.4, -0.2) is 73.5 Å². The van der Waals surface area contributed by atoms with Gasteiger partial charge in [0.2, 0.25) is 11.9 Å². The molecule has 176 valence electrons. The average Bonchev–Trinajstić information content (AvgIpc) is 3.03. The Bertz CT molecular complexity index is 1290. The summed E-state index contributed by atoms with van der Waals surface area (Å²) in [5, 5.41) is 12.9. The lowest BCUT2D eigenvalue weighted by atomic mass is 10.2. The van der Waals surface area contributed by atoms with Crippen molar-refractivity contribution in [1.29, 1.82) is 0 Å². The van der Waals surface area contributed by atoms with Gasteiger partial charge in [0, 0.05) is 43.6 Å². The van der Waals surface area contributed by atoms with E-state index in [9.17, 15) is 19.5 Å². The predicted molar refractivity (Wildman–Crippen MR) is 127 cm³/mol. The van der Waals surface area contributed by atoms with Gasteiger partial charge in [-0.3, -0.25) is 19.9 Å². The van der Waals surface area contributed by atoms with E-state index in [1.54, 1.807) is 48.0 Å². The zero-order chi connectivity index (χ0) is 24.4. The van der Waals surface area contributed by atoms with Crippen molar-refractivity contribution in [2.45, 2.75) is 13.0 Å². The highest BCUT2D eigenvalue weighted by Gasteiger charge is 2.31. The number of carboxylic acid groups (broad SMARTS) is 1. The summed E-state index contributed by atoms with van der Waals surface area (Å²) in [6.45, 7) is 5.94. The number of imidazole rings is 1. The highest BCUT2D eigenvalue weighted by Crippen LogP contribution is 2.32. The van der Waals surface area contributed by atoms with Crippen molar-refractivity contribution in [2.24, 2.45) is 0 Å². The van der Waals surface area contributed by atoms with Crippen LogP contribution < -0.4 is 5.32 Å². The summed E-state index contributed by atoms with van der Waals surface area (Å²) in [5.74, 6) is -0.516. The predicted octanol–water partition coefficient (Wildman–Crippen LogP) is 3.19. The summed E-state index contributed by atoms with van der Waals surface area (Å²) < 4.78 is 1.70. The number of hydrogen-bond donors (Lipinski definition) is 2. The van der Waals surface area contributed by atoms with Crippen LogP contribution in [0.4, 0.5) is 10.7 Å². The second kappa shape index (κ2) is 9.52. The Morgan fingerprint density at radius 2 is 1.94 bits per heavy atom. The zero-order valence-corrected chi connectivity index (χ0v) is 19.2. The van der Waals surface area contributed by atoms with E-state index in [1.807, 2.05) is 0 Å². The third-order valence-corrected chi connectivity index (χ3v) is 5.97. The quantitative estimate of drug-likeness (QED) is 0.551. The van der Waals surface area contributed by atoms with Crippen LogP contribution in [0.5, 0.6) is 0 Å². The SMILES string of the molecule is C=CC(=O)N1CCN(C(=O)O)CC(n2c(NC(=O)c3ccnc(C)c3)nc3cccc(Cl)c32)C1. The summed E-state index contributed by atoms with van der Waals surface area (Å²) in [7, 11) is 0. The number of nitrogens with one attached hydrogen (secondary N) is 1. The van der Waals surface area contributed by atoms with E-state index in [4.69, 9.17) is 11.6 Å². The summed E-state index contributed by atoms with van der Waals surface area (Å²) in [5.41, 5.74) is 2.15. The number of aromatic nitrogens is 3. The Kier molecular flexibility index (Phi) is 6.51. The molecule has 11 heteroatoms. The van der Waals surface area contributed by atoms with Crippen LogP contribution in [0.25, 0.3) is 11.0 Å². The Hall–Kier alpha value is -3.92. The minimum Gasteiger partial charge on any atom is -0.465 e. The van der Waals surface area contributed by atoms with Crippen molar-refractivity contribution in [3.8, 4) is 0 Å². The van der Waals surface area contributed by atoms with Crippen LogP contribution in [-0.2, 0) is 4.79 Å². The molecular formula is C23H23ClN6O4. The highest BCUT2D eigenvalue weighted by molar-refractivity contribution is 6.35. The normalized spacial score (nSPS) is 16.2. The summed E-state index contributed by atoms with van der Waals surface area (Å²) in [6, 6.07) is 7.86. The van der Waals surface area contributed by atoms with Gasteiger partial charge < -0.3 is 19.5 Å². The molecule has 3 aromatic rings. The van der Waals surface area contributed by atoms with Crippen LogP contribution in [0, 0.1) is 6.92 Å². The first-order chi connectivity index (χ1) is 16.3. The van der Waals surface area contributed by atoms with Crippen molar-refractivity contribution >= 4 is 46.5 Å². The van der Waals surface area contributed by atoms with Crippen molar-refractivity contribution in [3.05, 3.63) is 65.5 Å². The fourth-order valence-corrected chi connectivity index (χ4v) is 4.33. The fraction of sp³-hybridized carbons (Fsp3) is 0.261. The monoisotopic (exact) mass is 482 g/mol. The number of pyridine rings is 1.